The Hall–Kier alpha value is -0.390. The van der Waals surface area contributed by atoms with Gasteiger partial charge in [-0.05, 0) is 22.4 Å². The van der Waals surface area contributed by atoms with E-state index in [-0.39, 0.29) is 6.04 Å². The van der Waals surface area contributed by atoms with E-state index in [0.717, 1.165) is 16.6 Å². The molecule has 0 saturated heterocycles. The summed E-state index contributed by atoms with van der Waals surface area (Å²) in [5.41, 5.74) is 4.00. The lowest BCUT2D eigenvalue weighted by Gasteiger charge is -2.16. The summed E-state index contributed by atoms with van der Waals surface area (Å²) in [6.45, 7) is 2.22. The summed E-state index contributed by atoms with van der Waals surface area (Å²) in [5.74, 6) is 5.60. The zero-order chi connectivity index (χ0) is 12.0. The van der Waals surface area contributed by atoms with Crippen molar-refractivity contribution in [3.8, 4) is 0 Å². The Morgan fingerprint density at radius 2 is 2.25 bits per heavy atom. The average Bonchev–Trinajstić information content (AvgIpc) is 2.60. The third kappa shape index (κ3) is 3.57. The number of nitrogens with one attached hydrogen (secondary N) is 1. The van der Waals surface area contributed by atoms with Gasteiger partial charge in [0.25, 0.3) is 0 Å². The predicted molar refractivity (Wildman–Crippen MR) is 69.7 cm³/mol. The second-order valence-electron chi connectivity index (χ2n) is 4.07. The number of halogens is 1. The summed E-state index contributed by atoms with van der Waals surface area (Å²) in [7, 11) is 1.94. The van der Waals surface area contributed by atoms with Gasteiger partial charge < -0.3 is 0 Å². The Kier molecular flexibility index (Phi) is 6.01. The van der Waals surface area contributed by atoms with Crippen molar-refractivity contribution in [3.05, 3.63) is 16.4 Å². The molecule has 0 amide bonds. The van der Waals surface area contributed by atoms with E-state index in [1.807, 2.05) is 17.9 Å². The number of nitrogens with zero attached hydrogens (tertiary/aromatic N) is 2. The Morgan fingerprint density at radius 3 is 2.75 bits per heavy atom. The minimum absolute atomic E-state index is 0.179. The zero-order valence-corrected chi connectivity index (χ0v) is 11.6. The molecule has 5 heteroatoms. The van der Waals surface area contributed by atoms with Crippen LogP contribution >= 0.6 is 15.9 Å². The maximum Gasteiger partial charge on any atom is 0.0705 e. The monoisotopic (exact) mass is 288 g/mol. The molecule has 0 radical (unpaired) electrons. The van der Waals surface area contributed by atoms with E-state index in [1.165, 1.54) is 25.7 Å². The number of hydrogen-bond acceptors (Lipinski definition) is 3. The molecule has 16 heavy (non-hydrogen) atoms. The van der Waals surface area contributed by atoms with E-state index in [0.29, 0.717) is 0 Å². The lowest BCUT2D eigenvalue weighted by molar-refractivity contribution is 0.453. The molecule has 1 aromatic heterocycles. The van der Waals surface area contributed by atoms with Crippen LogP contribution in [0.1, 0.15) is 50.8 Å². The van der Waals surface area contributed by atoms with E-state index >= 15 is 0 Å². The van der Waals surface area contributed by atoms with Gasteiger partial charge in [-0.3, -0.25) is 16.0 Å². The molecule has 1 unspecified atom stereocenters. The van der Waals surface area contributed by atoms with Gasteiger partial charge in [-0.2, -0.15) is 5.10 Å². The van der Waals surface area contributed by atoms with Crippen LogP contribution in [0.5, 0.6) is 0 Å². The fourth-order valence-corrected chi connectivity index (χ4v) is 2.51. The van der Waals surface area contributed by atoms with Gasteiger partial charge in [0.2, 0.25) is 0 Å². The summed E-state index contributed by atoms with van der Waals surface area (Å²) in [6.07, 6.45) is 7.88. The Labute approximate surface area is 106 Å². The molecule has 0 saturated carbocycles. The summed E-state index contributed by atoms with van der Waals surface area (Å²) in [4.78, 5) is 0. The van der Waals surface area contributed by atoms with E-state index in [2.05, 4.69) is 33.4 Å². The van der Waals surface area contributed by atoms with Gasteiger partial charge in [-0.15, -0.1) is 0 Å². The quantitative estimate of drug-likeness (QED) is 0.461. The number of hydrazine groups is 1. The van der Waals surface area contributed by atoms with Crippen LogP contribution in [0.15, 0.2) is 10.7 Å². The van der Waals surface area contributed by atoms with Gasteiger partial charge in [0.15, 0.2) is 0 Å². The molecule has 0 fully saturated rings. The maximum absolute atomic E-state index is 5.60. The molecule has 1 heterocycles. The normalized spacial score (nSPS) is 13.0. The fraction of sp³-hybridized carbons (Fsp3) is 0.727. The van der Waals surface area contributed by atoms with Crippen molar-refractivity contribution in [1.82, 2.24) is 15.2 Å². The summed E-state index contributed by atoms with van der Waals surface area (Å²) in [6, 6.07) is 0.179. The number of aryl methyl sites for hydroxylation is 1. The van der Waals surface area contributed by atoms with Crippen LogP contribution < -0.4 is 11.3 Å². The van der Waals surface area contributed by atoms with Crippen LogP contribution in [0.3, 0.4) is 0 Å². The van der Waals surface area contributed by atoms with Gasteiger partial charge in [0.05, 0.1) is 22.4 Å². The molecular formula is C11H21BrN4. The molecular weight excluding hydrogens is 268 g/mol. The van der Waals surface area contributed by atoms with Gasteiger partial charge in [-0.25, -0.2) is 0 Å². The van der Waals surface area contributed by atoms with Crippen molar-refractivity contribution in [2.45, 2.75) is 45.1 Å². The Bertz CT molecular complexity index is 291. The molecule has 4 nitrogen and oxygen atoms in total. The molecule has 0 bridgehead atoms. The summed E-state index contributed by atoms with van der Waals surface area (Å²) >= 11 is 3.50. The third-order valence-electron chi connectivity index (χ3n) is 2.82. The second-order valence-corrected chi connectivity index (χ2v) is 4.92. The molecule has 0 aliphatic rings. The number of rotatable bonds is 7. The number of unbranched alkanes of at least 4 members (excludes halogenated alkanes) is 3. The topological polar surface area (TPSA) is 55.9 Å². The predicted octanol–water partition coefficient (Wildman–Crippen LogP) is 2.66. The molecule has 0 spiro atoms. The largest absolute Gasteiger partial charge is 0.271 e. The molecule has 0 aliphatic carbocycles. The van der Waals surface area contributed by atoms with E-state index in [9.17, 15) is 0 Å². The Morgan fingerprint density at radius 1 is 1.50 bits per heavy atom. The van der Waals surface area contributed by atoms with E-state index in [1.54, 1.807) is 0 Å². The molecule has 1 aromatic rings. The molecule has 1 rings (SSSR count). The average molecular weight is 289 g/mol. The highest BCUT2D eigenvalue weighted by Gasteiger charge is 2.16. The fourth-order valence-electron chi connectivity index (χ4n) is 1.89. The first kappa shape index (κ1) is 13.7. The summed E-state index contributed by atoms with van der Waals surface area (Å²) < 4.78 is 2.89. The molecule has 92 valence electrons. The molecule has 0 aliphatic heterocycles. The highest BCUT2D eigenvalue weighted by Crippen LogP contribution is 2.25. The van der Waals surface area contributed by atoms with Gasteiger partial charge in [0, 0.05) is 7.05 Å². The molecule has 1 atom stereocenters. The first-order valence-corrected chi connectivity index (χ1v) is 6.63. The lowest BCUT2D eigenvalue weighted by atomic mass is 10.1. The van der Waals surface area contributed by atoms with Crippen molar-refractivity contribution in [3.63, 3.8) is 0 Å². The van der Waals surface area contributed by atoms with Gasteiger partial charge >= 0.3 is 0 Å². The van der Waals surface area contributed by atoms with Crippen LogP contribution in [0.2, 0.25) is 0 Å². The number of nitrogens with two attached hydrogens (primary N) is 1. The van der Waals surface area contributed by atoms with Crippen LogP contribution in [0.4, 0.5) is 0 Å². The number of aromatic nitrogens is 2. The van der Waals surface area contributed by atoms with Crippen molar-refractivity contribution >= 4 is 15.9 Å². The van der Waals surface area contributed by atoms with Gasteiger partial charge in [-0.1, -0.05) is 32.6 Å². The van der Waals surface area contributed by atoms with E-state index in [4.69, 9.17) is 5.84 Å². The number of hydrogen-bond donors (Lipinski definition) is 2. The van der Waals surface area contributed by atoms with Crippen LogP contribution in [0, 0.1) is 0 Å². The molecule has 0 aromatic carbocycles. The second kappa shape index (κ2) is 7.04. The first-order valence-electron chi connectivity index (χ1n) is 5.84. The standard InChI is InChI=1S/C11H21BrN4/c1-3-4-5-6-7-10(15-13)11-9(12)8-14-16(11)2/h8,10,15H,3-7,13H2,1-2H3. The Balaban J connectivity index is 2.54. The van der Waals surface area contributed by atoms with Crippen LogP contribution in [-0.2, 0) is 7.05 Å². The summed E-state index contributed by atoms with van der Waals surface area (Å²) in [5, 5.41) is 4.20. The van der Waals surface area contributed by atoms with E-state index < -0.39 is 0 Å². The van der Waals surface area contributed by atoms with Gasteiger partial charge in [0.1, 0.15) is 0 Å². The lowest BCUT2D eigenvalue weighted by Crippen LogP contribution is -2.29. The van der Waals surface area contributed by atoms with Crippen molar-refractivity contribution in [1.29, 1.82) is 0 Å². The smallest absolute Gasteiger partial charge is 0.0705 e. The van der Waals surface area contributed by atoms with Crippen molar-refractivity contribution in [2.24, 2.45) is 12.9 Å². The zero-order valence-electron chi connectivity index (χ0n) is 10.0. The minimum atomic E-state index is 0.179. The first-order chi connectivity index (χ1) is 7.70. The third-order valence-corrected chi connectivity index (χ3v) is 3.43. The highest BCUT2D eigenvalue weighted by molar-refractivity contribution is 9.10. The SMILES string of the molecule is CCCCCCC(NN)c1c(Br)cnn1C. The highest BCUT2D eigenvalue weighted by atomic mass is 79.9. The van der Waals surface area contributed by atoms with Crippen LogP contribution in [0.25, 0.3) is 0 Å². The van der Waals surface area contributed by atoms with Crippen LogP contribution in [-0.4, -0.2) is 9.78 Å². The van der Waals surface area contributed by atoms with Crippen molar-refractivity contribution in [2.75, 3.05) is 0 Å². The maximum atomic E-state index is 5.60. The molecule has 3 N–H and O–H groups in total. The van der Waals surface area contributed by atoms with Crippen molar-refractivity contribution < 1.29 is 0 Å². The minimum Gasteiger partial charge on any atom is -0.271 e.